The molecule has 0 radical (unpaired) electrons. The summed E-state index contributed by atoms with van der Waals surface area (Å²) < 4.78 is 5.59. The lowest BCUT2D eigenvalue weighted by atomic mass is 10.2. The number of aromatic nitrogens is 3. The smallest absolute Gasteiger partial charge is 0.322 e. The van der Waals surface area contributed by atoms with Crippen LogP contribution in [0.25, 0.3) is 0 Å². The largest absolute Gasteiger partial charge is 0.463 e. The quantitative estimate of drug-likeness (QED) is 0.643. The number of carbonyl (C=O) groups is 1. The summed E-state index contributed by atoms with van der Waals surface area (Å²) in [6.07, 6.45) is 6.40. The van der Waals surface area contributed by atoms with Crippen LogP contribution in [-0.2, 0) is 19.6 Å². The zero-order valence-electron chi connectivity index (χ0n) is 17.4. The van der Waals surface area contributed by atoms with E-state index in [0.29, 0.717) is 31.1 Å². The third-order valence-corrected chi connectivity index (χ3v) is 5.42. The Kier molecular flexibility index (Phi) is 6.27. The van der Waals surface area contributed by atoms with Crippen LogP contribution < -0.4 is 15.8 Å². The van der Waals surface area contributed by atoms with Gasteiger partial charge in [-0.2, -0.15) is 9.97 Å². The van der Waals surface area contributed by atoms with Gasteiger partial charge >= 0.3 is 12.0 Å². The number of pyridine rings is 1. The number of urea groups is 1. The minimum absolute atomic E-state index is 0.226. The molecule has 0 bridgehead atoms. The lowest BCUT2D eigenvalue weighted by Gasteiger charge is -2.29. The van der Waals surface area contributed by atoms with Crippen molar-refractivity contribution in [2.24, 2.45) is 0 Å². The summed E-state index contributed by atoms with van der Waals surface area (Å²) >= 11 is 0. The van der Waals surface area contributed by atoms with E-state index in [1.54, 1.807) is 4.90 Å². The van der Waals surface area contributed by atoms with E-state index < -0.39 is 0 Å². The molecule has 1 saturated heterocycles. The van der Waals surface area contributed by atoms with Gasteiger partial charge in [0.25, 0.3) is 0 Å². The van der Waals surface area contributed by atoms with Crippen LogP contribution >= 0.6 is 0 Å². The van der Waals surface area contributed by atoms with E-state index in [0.717, 1.165) is 38.2 Å². The number of ether oxygens (including phenoxy) is 1. The maximum absolute atomic E-state index is 12.5. The van der Waals surface area contributed by atoms with Crippen molar-refractivity contribution < 1.29 is 9.53 Å². The molecule has 2 aliphatic rings. The monoisotopic (exact) mass is 411 g/mol. The molecule has 160 valence electrons. The van der Waals surface area contributed by atoms with Gasteiger partial charge in [0.15, 0.2) is 5.82 Å². The number of fused-ring (bicyclic) bond motifs is 1. The standard InChI is InChI=1S/C21H29N7O2/c1-2-3-10-30-20-24-17-14-28(21(29)25-18(17)19(22)26-20)13-16-7-6-15(11-23-16)12-27-8-4-5-9-27/h6-7,11H,2-5,8-10,12-14H2,1H3,(H,25,29)(H2,22,24,26). The number of nitrogens with two attached hydrogens (primary N) is 1. The maximum Gasteiger partial charge on any atom is 0.322 e. The molecule has 1 fully saturated rings. The lowest BCUT2D eigenvalue weighted by molar-refractivity contribution is 0.201. The normalized spacial score (nSPS) is 16.4. The van der Waals surface area contributed by atoms with E-state index in [2.05, 4.69) is 38.2 Å². The van der Waals surface area contributed by atoms with Gasteiger partial charge in [-0.1, -0.05) is 19.4 Å². The fourth-order valence-electron chi connectivity index (χ4n) is 3.73. The Labute approximate surface area is 176 Å². The summed E-state index contributed by atoms with van der Waals surface area (Å²) in [6, 6.07) is 4.10. The Balaban J connectivity index is 1.41. The second-order valence-corrected chi connectivity index (χ2v) is 7.84. The van der Waals surface area contributed by atoms with E-state index >= 15 is 0 Å². The minimum atomic E-state index is -0.236. The molecule has 2 aliphatic heterocycles. The van der Waals surface area contributed by atoms with Gasteiger partial charge < -0.3 is 20.7 Å². The molecule has 0 atom stereocenters. The van der Waals surface area contributed by atoms with E-state index in [9.17, 15) is 4.79 Å². The van der Waals surface area contributed by atoms with Gasteiger partial charge in [0.05, 0.1) is 31.1 Å². The van der Waals surface area contributed by atoms with E-state index in [4.69, 9.17) is 10.5 Å². The highest BCUT2D eigenvalue weighted by atomic mass is 16.5. The third-order valence-electron chi connectivity index (χ3n) is 5.42. The van der Waals surface area contributed by atoms with Crippen molar-refractivity contribution in [1.82, 2.24) is 24.8 Å². The molecule has 3 N–H and O–H groups in total. The second-order valence-electron chi connectivity index (χ2n) is 7.84. The first-order valence-corrected chi connectivity index (χ1v) is 10.6. The van der Waals surface area contributed by atoms with E-state index in [1.807, 2.05) is 12.3 Å². The molecule has 2 aromatic rings. The molecule has 30 heavy (non-hydrogen) atoms. The molecule has 4 rings (SSSR count). The average Bonchev–Trinajstić information content (AvgIpc) is 3.24. The molecule has 0 unspecified atom stereocenters. The zero-order valence-corrected chi connectivity index (χ0v) is 17.4. The van der Waals surface area contributed by atoms with Gasteiger partial charge in [-0.05, 0) is 44.0 Å². The molecule has 9 heteroatoms. The molecular weight excluding hydrogens is 382 g/mol. The van der Waals surface area contributed by atoms with Gasteiger partial charge in [-0.25, -0.2) is 4.79 Å². The molecule has 0 aromatic carbocycles. The molecule has 0 saturated carbocycles. The maximum atomic E-state index is 12.5. The van der Waals surface area contributed by atoms with Crippen molar-refractivity contribution in [3.63, 3.8) is 0 Å². The van der Waals surface area contributed by atoms with Gasteiger partial charge in [-0.3, -0.25) is 9.88 Å². The summed E-state index contributed by atoms with van der Waals surface area (Å²) in [5, 5.41) is 2.80. The van der Waals surface area contributed by atoms with Crippen LogP contribution in [0.2, 0.25) is 0 Å². The predicted molar refractivity (Wildman–Crippen MR) is 114 cm³/mol. The first kappa shape index (κ1) is 20.3. The lowest BCUT2D eigenvalue weighted by Crippen LogP contribution is -2.39. The predicted octanol–water partition coefficient (Wildman–Crippen LogP) is 2.78. The number of carbonyl (C=O) groups excluding carboxylic acids is 1. The summed E-state index contributed by atoms with van der Waals surface area (Å²) in [6.45, 7) is 6.60. The molecule has 0 spiro atoms. The fraction of sp³-hybridized carbons (Fsp3) is 0.524. The number of unbranched alkanes of at least 4 members (excludes halogenated alkanes) is 1. The molecule has 2 aromatic heterocycles. The van der Waals surface area contributed by atoms with Gasteiger partial charge in [0, 0.05) is 12.7 Å². The number of nitrogens with zero attached hydrogens (tertiary/aromatic N) is 5. The summed E-state index contributed by atoms with van der Waals surface area (Å²) in [5.74, 6) is 0.226. The van der Waals surface area contributed by atoms with Gasteiger partial charge in [0.1, 0.15) is 5.69 Å². The van der Waals surface area contributed by atoms with Crippen molar-refractivity contribution >= 4 is 17.5 Å². The van der Waals surface area contributed by atoms with Crippen LogP contribution in [0.15, 0.2) is 18.3 Å². The molecule has 0 aliphatic carbocycles. The number of hydrogen-bond donors (Lipinski definition) is 2. The van der Waals surface area contributed by atoms with Gasteiger partial charge in [-0.15, -0.1) is 0 Å². The van der Waals surface area contributed by atoms with Crippen LogP contribution in [0, 0.1) is 0 Å². The Morgan fingerprint density at radius 3 is 2.77 bits per heavy atom. The average molecular weight is 412 g/mol. The van der Waals surface area contributed by atoms with Crippen molar-refractivity contribution in [1.29, 1.82) is 0 Å². The highest BCUT2D eigenvalue weighted by molar-refractivity contribution is 5.94. The number of amides is 2. The van der Waals surface area contributed by atoms with Crippen LogP contribution in [0.5, 0.6) is 6.01 Å². The minimum Gasteiger partial charge on any atom is -0.463 e. The van der Waals surface area contributed by atoms with Crippen molar-refractivity contribution in [3.05, 3.63) is 35.3 Å². The van der Waals surface area contributed by atoms with E-state index in [1.165, 1.54) is 18.4 Å². The third kappa shape index (κ3) is 4.79. The highest BCUT2D eigenvalue weighted by Crippen LogP contribution is 2.29. The summed E-state index contributed by atoms with van der Waals surface area (Å²) in [4.78, 5) is 29.8. The Bertz CT molecular complexity index is 882. The number of hydrogen-bond acceptors (Lipinski definition) is 7. The van der Waals surface area contributed by atoms with E-state index in [-0.39, 0.29) is 17.9 Å². The SMILES string of the molecule is CCCCOc1nc(N)c2c(n1)CN(Cc1ccc(CN3CCCC3)cn1)C(=O)N2. The van der Waals surface area contributed by atoms with Gasteiger partial charge in [0.2, 0.25) is 0 Å². The topological polar surface area (TPSA) is 110 Å². The van der Waals surface area contributed by atoms with Crippen LogP contribution in [0.4, 0.5) is 16.3 Å². The summed E-state index contributed by atoms with van der Waals surface area (Å²) in [7, 11) is 0. The molecule has 4 heterocycles. The highest BCUT2D eigenvalue weighted by Gasteiger charge is 2.27. The molecule has 2 amide bonds. The second kappa shape index (κ2) is 9.25. The number of nitrogen functional groups attached to an aromatic ring is 1. The first-order valence-electron chi connectivity index (χ1n) is 10.6. The number of rotatable bonds is 8. The van der Waals surface area contributed by atoms with Crippen molar-refractivity contribution in [3.8, 4) is 6.01 Å². The zero-order chi connectivity index (χ0) is 20.9. The van der Waals surface area contributed by atoms with Crippen LogP contribution in [0.3, 0.4) is 0 Å². The number of nitrogens with one attached hydrogen (secondary N) is 1. The number of anilines is 2. The van der Waals surface area contributed by atoms with Crippen molar-refractivity contribution in [2.45, 2.75) is 52.2 Å². The van der Waals surface area contributed by atoms with Crippen LogP contribution in [-0.4, -0.2) is 50.5 Å². The van der Waals surface area contributed by atoms with Crippen molar-refractivity contribution in [2.75, 3.05) is 30.7 Å². The fourth-order valence-corrected chi connectivity index (χ4v) is 3.73. The Morgan fingerprint density at radius 2 is 2.03 bits per heavy atom. The first-order chi connectivity index (χ1) is 14.6. The molecular formula is C21H29N7O2. The number of likely N-dealkylation sites (tertiary alicyclic amines) is 1. The van der Waals surface area contributed by atoms with Crippen LogP contribution in [0.1, 0.15) is 49.6 Å². The Hall–Kier alpha value is -2.94. The molecule has 9 nitrogen and oxygen atoms in total. The Morgan fingerprint density at radius 1 is 1.20 bits per heavy atom. The summed E-state index contributed by atoms with van der Waals surface area (Å²) in [5.41, 5.74) is 9.16.